The van der Waals surface area contributed by atoms with Crippen molar-refractivity contribution in [1.82, 2.24) is 15.1 Å². The van der Waals surface area contributed by atoms with Crippen LogP contribution in [0.1, 0.15) is 26.7 Å². The molecule has 0 aliphatic carbocycles. The molecule has 2 saturated heterocycles. The minimum atomic E-state index is -1.03. The predicted molar refractivity (Wildman–Crippen MR) is 91.0 cm³/mol. The van der Waals surface area contributed by atoms with E-state index in [1.165, 1.54) is 0 Å². The van der Waals surface area contributed by atoms with Gasteiger partial charge in [0, 0.05) is 39.1 Å². The van der Waals surface area contributed by atoms with Gasteiger partial charge in [0.25, 0.3) is 0 Å². The van der Waals surface area contributed by atoms with E-state index in [2.05, 4.69) is 10.2 Å². The molecule has 25 heavy (non-hydrogen) atoms. The third-order valence-electron chi connectivity index (χ3n) is 4.70. The van der Waals surface area contributed by atoms with Gasteiger partial charge in [0.1, 0.15) is 6.04 Å². The van der Waals surface area contributed by atoms with Crippen molar-refractivity contribution in [2.45, 2.75) is 32.7 Å². The van der Waals surface area contributed by atoms with Gasteiger partial charge in [-0.25, -0.2) is 4.79 Å². The predicted octanol–water partition coefficient (Wildman–Crippen LogP) is -0.217. The Hall–Kier alpha value is -1.67. The van der Waals surface area contributed by atoms with Crippen LogP contribution in [-0.2, 0) is 19.1 Å². The van der Waals surface area contributed by atoms with Crippen molar-refractivity contribution >= 4 is 17.8 Å². The number of rotatable bonds is 8. The molecule has 0 aromatic rings. The minimum Gasteiger partial charge on any atom is -0.480 e. The number of likely N-dealkylation sites (tertiary alicyclic amines) is 1. The molecule has 8 nitrogen and oxygen atoms in total. The zero-order valence-electron chi connectivity index (χ0n) is 15.1. The Morgan fingerprint density at radius 2 is 1.96 bits per heavy atom. The normalized spacial score (nSPS) is 23.1. The number of hydrogen-bond donors (Lipinski definition) is 2. The van der Waals surface area contributed by atoms with Crippen molar-refractivity contribution in [1.29, 1.82) is 0 Å². The molecule has 0 saturated carbocycles. The van der Waals surface area contributed by atoms with Gasteiger partial charge >= 0.3 is 5.97 Å². The molecule has 2 N–H and O–H groups in total. The summed E-state index contributed by atoms with van der Waals surface area (Å²) >= 11 is 0. The number of carbonyl (C=O) groups is 3. The van der Waals surface area contributed by atoms with Gasteiger partial charge in [-0.15, -0.1) is 0 Å². The van der Waals surface area contributed by atoms with Crippen molar-refractivity contribution in [2.75, 3.05) is 45.9 Å². The van der Waals surface area contributed by atoms with Crippen LogP contribution in [-0.4, -0.2) is 84.7 Å². The van der Waals surface area contributed by atoms with Crippen molar-refractivity contribution in [3.63, 3.8) is 0 Å². The van der Waals surface area contributed by atoms with E-state index in [0.29, 0.717) is 32.7 Å². The molecule has 2 fully saturated rings. The summed E-state index contributed by atoms with van der Waals surface area (Å²) in [4.78, 5) is 39.7. The fraction of sp³-hybridized carbons (Fsp3) is 0.824. The molecular weight excluding hydrogens is 326 g/mol. The third-order valence-corrected chi connectivity index (χ3v) is 4.70. The molecule has 0 radical (unpaired) electrons. The summed E-state index contributed by atoms with van der Waals surface area (Å²) < 4.78 is 5.30. The van der Waals surface area contributed by atoms with E-state index in [0.717, 1.165) is 19.6 Å². The Balaban J connectivity index is 1.81. The van der Waals surface area contributed by atoms with Crippen LogP contribution >= 0.6 is 0 Å². The number of morpholine rings is 1. The number of ether oxygens (including phenoxy) is 1. The summed E-state index contributed by atoms with van der Waals surface area (Å²) in [7, 11) is 0. The van der Waals surface area contributed by atoms with E-state index >= 15 is 0 Å². The highest BCUT2D eigenvalue weighted by atomic mass is 16.5. The lowest BCUT2D eigenvalue weighted by Gasteiger charge is -2.28. The Kier molecular flexibility index (Phi) is 7.19. The van der Waals surface area contributed by atoms with E-state index < -0.39 is 17.9 Å². The van der Waals surface area contributed by atoms with Gasteiger partial charge in [0.15, 0.2) is 0 Å². The average molecular weight is 355 g/mol. The summed E-state index contributed by atoms with van der Waals surface area (Å²) in [6.07, 6.45) is 0.533. The van der Waals surface area contributed by atoms with E-state index in [4.69, 9.17) is 4.74 Å². The molecule has 0 aromatic heterocycles. The van der Waals surface area contributed by atoms with Gasteiger partial charge in [0.05, 0.1) is 19.1 Å². The maximum atomic E-state index is 12.4. The van der Waals surface area contributed by atoms with Crippen LogP contribution in [0.3, 0.4) is 0 Å². The monoisotopic (exact) mass is 355 g/mol. The molecule has 8 heteroatoms. The first-order valence-corrected chi connectivity index (χ1v) is 8.98. The second kappa shape index (κ2) is 9.15. The summed E-state index contributed by atoms with van der Waals surface area (Å²) in [6, 6.07) is -0.898. The number of carbonyl (C=O) groups excluding carboxylic acids is 2. The van der Waals surface area contributed by atoms with Gasteiger partial charge in [-0.1, -0.05) is 13.8 Å². The van der Waals surface area contributed by atoms with Gasteiger partial charge in [-0.05, 0) is 12.3 Å². The molecular formula is C17H29N3O5. The quantitative estimate of drug-likeness (QED) is 0.625. The third kappa shape index (κ3) is 5.97. The molecule has 2 aliphatic heterocycles. The lowest BCUT2D eigenvalue weighted by atomic mass is 10.0. The number of nitrogens with zero attached hydrogens (tertiary/aromatic N) is 2. The van der Waals surface area contributed by atoms with Crippen molar-refractivity contribution < 1.29 is 24.2 Å². The molecule has 2 atom stereocenters. The number of carboxylic acid groups (broad SMARTS) is 1. The zero-order valence-corrected chi connectivity index (χ0v) is 15.1. The number of carboxylic acids is 1. The van der Waals surface area contributed by atoms with Crippen LogP contribution < -0.4 is 5.32 Å². The summed E-state index contributed by atoms with van der Waals surface area (Å²) in [5.41, 5.74) is 0. The van der Waals surface area contributed by atoms with Crippen LogP contribution in [0, 0.1) is 11.8 Å². The molecule has 2 aliphatic rings. The lowest BCUT2D eigenvalue weighted by molar-refractivity contribution is -0.142. The Bertz CT molecular complexity index is 491. The maximum absolute atomic E-state index is 12.4. The fourth-order valence-corrected chi connectivity index (χ4v) is 3.23. The second-order valence-electron chi connectivity index (χ2n) is 7.22. The van der Waals surface area contributed by atoms with Gasteiger partial charge in [-0.3, -0.25) is 14.5 Å². The van der Waals surface area contributed by atoms with Crippen LogP contribution in [0.2, 0.25) is 0 Å². The SMILES string of the molecule is CC(C)C[C@@H](NC(=O)[C@H]1CC(=O)N(CCN2CCOCC2)C1)C(=O)O. The summed E-state index contributed by atoms with van der Waals surface area (Å²) in [5, 5.41) is 11.8. The first-order chi connectivity index (χ1) is 11.9. The smallest absolute Gasteiger partial charge is 0.326 e. The topological polar surface area (TPSA) is 99.2 Å². The Morgan fingerprint density at radius 3 is 2.56 bits per heavy atom. The maximum Gasteiger partial charge on any atom is 0.326 e. The highest BCUT2D eigenvalue weighted by Gasteiger charge is 2.36. The van der Waals surface area contributed by atoms with E-state index in [1.807, 2.05) is 13.8 Å². The Morgan fingerprint density at radius 1 is 1.28 bits per heavy atom. The highest BCUT2D eigenvalue weighted by molar-refractivity contribution is 5.91. The van der Waals surface area contributed by atoms with Crippen LogP contribution in [0.25, 0.3) is 0 Å². The van der Waals surface area contributed by atoms with Gasteiger partial charge in [-0.2, -0.15) is 0 Å². The molecule has 0 spiro atoms. The lowest BCUT2D eigenvalue weighted by Crippen LogP contribution is -2.45. The van der Waals surface area contributed by atoms with Crippen molar-refractivity contribution in [3.05, 3.63) is 0 Å². The average Bonchev–Trinajstić information content (AvgIpc) is 2.94. The molecule has 0 unspecified atom stereocenters. The summed E-state index contributed by atoms with van der Waals surface area (Å²) in [5.74, 6) is -1.71. The van der Waals surface area contributed by atoms with Crippen LogP contribution in [0.4, 0.5) is 0 Å². The standard InChI is InChI=1S/C17H29N3O5/c1-12(2)9-14(17(23)24)18-16(22)13-10-15(21)20(11-13)4-3-19-5-7-25-8-6-19/h12-14H,3-11H2,1-2H3,(H,18,22)(H,23,24)/t13-,14+/m0/s1. The van der Waals surface area contributed by atoms with Crippen molar-refractivity contribution in [2.24, 2.45) is 11.8 Å². The van der Waals surface area contributed by atoms with Crippen LogP contribution in [0.15, 0.2) is 0 Å². The molecule has 2 rings (SSSR count). The molecule has 2 amide bonds. The molecule has 2 heterocycles. The first-order valence-electron chi connectivity index (χ1n) is 8.98. The largest absolute Gasteiger partial charge is 0.480 e. The Labute approximate surface area is 148 Å². The number of amides is 2. The second-order valence-corrected chi connectivity index (χ2v) is 7.22. The number of nitrogens with one attached hydrogen (secondary N) is 1. The van der Waals surface area contributed by atoms with E-state index in [9.17, 15) is 19.5 Å². The minimum absolute atomic E-state index is 0.0378. The highest BCUT2D eigenvalue weighted by Crippen LogP contribution is 2.18. The van der Waals surface area contributed by atoms with E-state index in [-0.39, 0.29) is 24.2 Å². The van der Waals surface area contributed by atoms with E-state index in [1.54, 1.807) is 4.90 Å². The van der Waals surface area contributed by atoms with Gasteiger partial charge < -0.3 is 20.1 Å². The summed E-state index contributed by atoms with van der Waals surface area (Å²) in [6.45, 7) is 8.71. The first kappa shape index (κ1) is 19.7. The molecule has 0 aromatic carbocycles. The molecule has 142 valence electrons. The zero-order chi connectivity index (χ0) is 18.4. The fourth-order valence-electron chi connectivity index (χ4n) is 3.23. The molecule has 0 bridgehead atoms. The number of hydrogen-bond acceptors (Lipinski definition) is 5. The van der Waals surface area contributed by atoms with Crippen LogP contribution in [0.5, 0.6) is 0 Å². The number of aliphatic carboxylic acids is 1. The van der Waals surface area contributed by atoms with Gasteiger partial charge in [0.2, 0.25) is 11.8 Å². The van der Waals surface area contributed by atoms with Crippen molar-refractivity contribution in [3.8, 4) is 0 Å².